The maximum atomic E-state index is 5.58. The molecule has 102 valence electrons. The van der Waals surface area contributed by atoms with Gasteiger partial charge in [0.15, 0.2) is 0 Å². The van der Waals surface area contributed by atoms with Crippen molar-refractivity contribution >= 4 is 0 Å². The van der Waals surface area contributed by atoms with E-state index in [0.717, 1.165) is 38.2 Å². The Labute approximate surface area is 110 Å². The van der Waals surface area contributed by atoms with Gasteiger partial charge in [-0.25, -0.2) is 4.98 Å². The minimum atomic E-state index is 0.615. The summed E-state index contributed by atoms with van der Waals surface area (Å²) in [5, 5.41) is 3.30. The van der Waals surface area contributed by atoms with Crippen molar-refractivity contribution in [1.82, 2.24) is 20.2 Å². The van der Waals surface area contributed by atoms with Crippen molar-refractivity contribution in [1.29, 1.82) is 0 Å². The second-order valence-electron chi connectivity index (χ2n) is 4.53. The molecule has 1 aromatic rings. The average Bonchev–Trinajstić information content (AvgIpc) is 2.35. The first kappa shape index (κ1) is 14.9. The van der Waals surface area contributed by atoms with E-state index < -0.39 is 0 Å². The normalized spacial score (nSPS) is 10.9. The predicted octanol–water partition coefficient (Wildman–Crippen LogP) is 1.31. The van der Waals surface area contributed by atoms with Gasteiger partial charge < -0.3 is 15.0 Å². The molecule has 0 atom stereocenters. The van der Waals surface area contributed by atoms with Crippen molar-refractivity contribution in [3.63, 3.8) is 0 Å². The van der Waals surface area contributed by atoms with Gasteiger partial charge in [-0.2, -0.15) is 0 Å². The molecule has 1 aromatic heterocycles. The van der Waals surface area contributed by atoms with E-state index in [1.807, 2.05) is 0 Å². The van der Waals surface area contributed by atoms with Crippen molar-refractivity contribution in [2.24, 2.45) is 0 Å². The van der Waals surface area contributed by atoms with E-state index in [1.165, 1.54) is 0 Å². The third-order valence-corrected chi connectivity index (χ3v) is 2.39. The summed E-state index contributed by atoms with van der Waals surface area (Å²) in [6, 6.07) is 0. The Kier molecular flexibility index (Phi) is 7.29. The molecule has 1 N–H and O–H groups in total. The van der Waals surface area contributed by atoms with Crippen LogP contribution in [0.3, 0.4) is 0 Å². The van der Waals surface area contributed by atoms with Gasteiger partial charge in [0, 0.05) is 19.3 Å². The lowest BCUT2D eigenvalue weighted by Gasteiger charge is -2.10. The minimum absolute atomic E-state index is 0.615. The molecule has 0 saturated heterocycles. The van der Waals surface area contributed by atoms with Gasteiger partial charge in [-0.1, -0.05) is 6.92 Å². The summed E-state index contributed by atoms with van der Waals surface area (Å²) in [6.45, 7) is 5.58. The maximum Gasteiger partial charge on any atom is 0.232 e. The molecule has 0 spiro atoms. The highest BCUT2D eigenvalue weighted by molar-refractivity contribution is 5.08. The van der Waals surface area contributed by atoms with Crippen LogP contribution in [0.15, 0.2) is 12.4 Å². The van der Waals surface area contributed by atoms with Crippen LogP contribution < -0.4 is 10.1 Å². The molecular formula is C13H24N4O. The van der Waals surface area contributed by atoms with Crippen LogP contribution in [0.5, 0.6) is 5.88 Å². The molecule has 18 heavy (non-hydrogen) atoms. The summed E-state index contributed by atoms with van der Waals surface area (Å²) < 4.78 is 5.58. The van der Waals surface area contributed by atoms with Gasteiger partial charge in [0.2, 0.25) is 5.88 Å². The number of nitrogens with one attached hydrogen (secondary N) is 1. The molecule has 0 aliphatic rings. The Morgan fingerprint density at radius 1 is 1.33 bits per heavy atom. The lowest BCUT2D eigenvalue weighted by molar-refractivity contribution is 0.271. The van der Waals surface area contributed by atoms with Gasteiger partial charge in [-0.15, -0.1) is 0 Å². The van der Waals surface area contributed by atoms with Crippen molar-refractivity contribution in [2.75, 3.05) is 33.8 Å². The summed E-state index contributed by atoms with van der Waals surface area (Å²) in [5.41, 5.74) is 0.925. The fourth-order valence-electron chi connectivity index (χ4n) is 1.49. The standard InChI is InChI=1S/C13H24N4O/c1-4-6-14-9-12-10-15-11-13(16-12)18-8-5-7-17(2)3/h10-11,14H,4-9H2,1-3H3. The molecule has 5 heteroatoms. The summed E-state index contributed by atoms with van der Waals surface area (Å²) >= 11 is 0. The molecule has 5 nitrogen and oxygen atoms in total. The molecule has 0 unspecified atom stereocenters. The molecule has 1 rings (SSSR count). The molecule has 0 aliphatic carbocycles. The second kappa shape index (κ2) is 8.83. The number of aromatic nitrogens is 2. The second-order valence-corrected chi connectivity index (χ2v) is 4.53. The smallest absolute Gasteiger partial charge is 0.232 e. The van der Waals surface area contributed by atoms with Gasteiger partial charge in [-0.05, 0) is 33.5 Å². The number of hydrogen-bond donors (Lipinski definition) is 1. The van der Waals surface area contributed by atoms with Gasteiger partial charge in [-0.3, -0.25) is 4.98 Å². The average molecular weight is 252 g/mol. The first-order valence-corrected chi connectivity index (χ1v) is 6.51. The molecule has 0 aliphatic heterocycles. The molecule has 0 aromatic carbocycles. The zero-order valence-electron chi connectivity index (χ0n) is 11.6. The van der Waals surface area contributed by atoms with E-state index in [9.17, 15) is 0 Å². The molecule has 1 heterocycles. The van der Waals surface area contributed by atoms with Gasteiger partial charge in [0.1, 0.15) is 0 Å². The Balaban J connectivity index is 2.30. The van der Waals surface area contributed by atoms with Gasteiger partial charge in [0.25, 0.3) is 0 Å². The quantitative estimate of drug-likeness (QED) is 0.672. The Morgan fingerprint density at radius 2 is 2.17 bits per heavy atom. The number of ether oxygens (including phenoxy) is 1. The van der Waals surface area contributed by atoms with E-state index in [4.69, 9.17) is 4.74 Å². The van der Waals surface area contributed by atoms with Crippen LogP contribution in [0.25, 0.3) is 0 Å². The molecular weight excluding hydrogens is 228 g/mol. The van der Waals surface area contributed by atoms with Crippen molar-refractivity contribution in [2.45, 2.75) is 26.3 Å². The number of hydrogen-bond acceptors (Lipinski definition) is 5. The van der Waals surface area contributed by atoms with Crippen LogP contribution in [0.1, 0.15) is 25.5 Å². The van der Waals surface area contributed by atoms with Crippen LogP contribution in [0.4, 0.5) is 0 Å². The van der Waals surface area contributed by atoms with Gasteiger partial charge >= 0.3 is 0 Å². The van der Waals surface area contributed by atoms with Crippen molar-refractivity contribution < 1.29 is 4.74 Å². The largest absolute Gasteiger partial charge is 0.477 e. The van der Waals surface area contributed by atoms with Gasteiger partial charge in [0.05, 0.1) is 18.5 Å². The Morgan fingerprint density at radius 3 is 2.89 bits per heavy atom. The molecule has 0 saturated carbocycles. The first-order chi connectivity index (χ1) is 8.72. The third-order valence-electron chi connectivity index (χ3n) is 2.39. The Bertz CT molecular complexity index is 331. The molecule has 0 fully saturated rings. The fraction of sp³-hybridized carbons (Fsp3) is 0.692. The predicted molar refractivity (Wildman–Crippen MR) is 72.7 cm³/mol. The minimum Gasteiger partial charge on any atom is -0.477 e. The highest BCUT2D eigenvalue weighted by atomic mass is 16.5. The molecule has 0 amide bonds. The summed E-state index contributed by atoms with van der Waals surface area (Å²) in [6.07, 6.45) is 5.55. The van der Waals surface area contributed by atoms with Crippen molar-refractivity contribution in [3.8, 4) is 5.88 Å². The van der Waals surface area contributed by atoms with E-state index >= 15 is 0 Å². The zero-order chi connectivity index (χ0) is 13.2. The summed E-state index contributed by atoms with van der Waals surface area (Å²) in [5.74, 6) is 0.615. The van der Waals surface area contributed by atoms with E-state index in [1.54, 1.807) is 12.4 Å². The highest BCUT2D eigenvalue weighted by Crippen LogP contribution is 2.05. The lowest BCUT2D eigenvalue weighted by atomic mass is 10.4. The van der Waals surface area contributed by atoms with Crippen LogP contribution in [0.2, 0.25) is 0 Å². The Hall–Kier alpha value is -1.20. The summed E-state index contributed by atoms with van der Waals surface area (Å²) in [7, 11) is 4.11. The zero-order valence-corrected chi connectivity index (χ0v) is 11.6. The fourth-order valence-corrected chi connectivity index (χ4v) is 1.49. The number of nitrogens with zero attached hydrogens (tertiary/aromatic N) is 3. The molecule has 0 radical (unpaired) electrons. The monoisotopic (exact) mass is 252 g/mol. The molecule has 0 bridgehead atoms. The van der Waals surface area contributed by atoms with Crippen LogP contribution in [0, 0.1) is 0 Å². The van der Waals surface area contributed by atoms with E-state index in [-0.39, 0.29) is 0 Å². The lowest BCUT2D eigenvalue weighted by Crippen LogP contribution is -2.17. The first-order valence-electron chi connectivity index (χ1n) is 6.51. The van der Waals surface area contributed by atoms with Crippen LogP contribution in [-0.4, -0.2) is 48.7 Å². The van der Waals surface area contributed by atoms with Crippen molar-refractivity contribution in [3.05, 3.63) is 18.1 Å². The third kappa shape index (κ3) is 6.51. The van der Waals surface area contributed by atoms with E-state index in [0.29, 0.717) is 12.5 Å². The SMILES string of the molecule is CCCNCc1cncc(OCCCN(C)C)n1. The summed E-state index contributed by atoms with van der Waals surface area (Å²) in [4.78, 5) is 10.7. The van der Waals surface area contributed by atoms with E-state index in [2.05, 4.69) is 41.2 Å². The number of rotatable bonds is 9. The highest BCUT2D eigenvalue weighted by Gasteiger charge is 2.00. The van der Waals surface area contributed by atoms with Crippen LogP contribution >= 0.6 is 0 Å². The topological polar surface area (TPSA) is 50.3 Å². The van der Waals surface area contributed by atoms with Crippen LogP contribution in [-0.2, 0) is 6.54 Å². The maximum absolute atomic E-state index is 5.58.